The van der Waals surface area contributed by atoms with Crippen LogP contribution in [0.1, 0.15) is 32.8 Å². The van der Waals surface area contributed by atoms with Crippen molar-refractivity contribution in [3.63, 3.8) is 0 Å². The number of aliphatic hydroxyl groups excluding tert-OH is 1. The number of carbonyl (C=O) groups excluding carboxylic acids is 1. The van der Waals surface area contributed by atoms with Gasteiger partial charge in [-0.1, -0.05) is 42.1 Å². The maximum Gasteiger partial charge on any atom is 0.417 e. The fraction of sp³-hybridized carbons (Fsp3) is 0.619. The standard InChI is InChI=1S/C21H27F3N2O5S/c1-20(2,3)31-19(28)26(4)18-25-13-10-14(29-11-12-8-6-5-7-9-12)15(30-17(13)32-18)16(27)21(22,23)24/h5-9,13-17,27H,10-11H2,1-4H3/t13-,14+,15+,16+,17-/m1/s1. The molecule has 0 saturated carbocycles. The third-order valence-corrected chi connectivity index (χ3v) is 6.10. The van der Waals surface area contributed by atoms with E-state index in [2.05, 4.69) is 4.99 Å². The van der Waals surface area contributed by atoms with Crippen molar-refractivity contribution in [3.05, 3.63) is 35.9 Å². The lowest BCUT2D eigenvalue weighted by Gasteiger charge is -2.39. The zero-order chi connectivity index (χ0) is 23.7. The predicted octanol–water partition coefficient (Wildman–Crippen LogP) is 3.95. The quantitative estimate of drug-likeness (QED) is 0.709. The summed E-state index contributed by atoms with van der Waals surface area (Å²) >= 11 is 1.02. The van der Waals surface area contributed by atoms with E-state index in [1.165, 1.54) is 11.9 Å². The minimum Gasteiger partial charge on any atom is -0.443 e. The highest BCUT2D eigenvalue weighted by molar-refractivity contribution is 8.14. The molecule has 5 atom stereocenters. The van der Waals surface area contributed by atoms with Crippen LogP contribution in [-0.4, -0.2) is 69.9 Å². The Balaban J connectivity index is 1.74. The van der Waals surface area contributed by atoms with Gasteiger partial charge in [0, 0.05) is 13.5 Å². The molecule has 2 heterocycles. The van der Waals surface area contributed by atoms with Gasteiger partial charge in [0.25, 0.3) is 0 Å². The van der Waals surface area contributed by atoms with Gasteiger partial charge in [-0.05, 0) is 26.3 Å². The Kier molecular flexibility index (Phi) is 7.43. The molecule has 0 unspecified atom stereocenters. The first-order chi connectivity index (χ1) is 14.8. The van der Waals surface area contributed by atoms with E-state index in [4.69, 9.17) is 14.2 Å². The van der Waals surface area contributed by atoms with Crippen molar-refractivity contribution < 1.29 is 37.3 Å². The van der Waals surface area contributed by atoms with Crippen LogP contribution >= 0.6 is 11.8 Å². The molecule has 1 saturated heterocycles. The van der Waals surface area contributed by atoms with Crippen molar-refractivity contribution in [1.82, 2.24) is 4.90 Å². The Morgan fingerprint density at radius 1 is 1.31 bits per heavy atom. The maximum absolute atomic E-state index is 13.3. The van der Waals surface area contributed by atoms with Crippen molar-refractivity contribution in [3.8, 4) is 0 Å². The molecule has 1 aromatic carbocycles. The lowest BCUT2D eigenvalue weighted by atomic mass is 9.97. The van der Waals surface area contributed by atoms with E-state index < -0.39 is 47.7 Å². The van der Waals surface area contributed by atoms with Gasteiger partial charge < -0.3 is 19.3 Å². The molecule has 1 amide bonds. The van der Waals surface area contributed by atoms with Crippen LogP contribution in [0, 0.1) is 0 Å². The number of nitrogens with zero attached hydrogens (tertiary/aromatic N) is 2. The monoisotopic (exact) mass is 476 g/mol. The minimum absolute atomic E-state index is 0.0643. The zero-order valence-electron chi connectivity index (χ0n) is 18.2. The van der Waals surface area contributed by atoms with E-state index in [0.29, 0.717) is 0 Å². The van der Waals surface area contributed by atoms with Crippen molar-refractivity contribution in [2.45, 2.75) is 75.4 Å². The summed E-state index contributed by atoms with van der Waals surface area (Å²) in [6.07, 6.45) is -10.8. The molecule has 0 aliphatic carbocycles. The largest absolute Gasteiger partial charge is 0.443 e. The van der Waals surface area contributed by atoms with Crippen molar-refractivity contribution >= 4 is 23.0 Å². The molecule has 32 heavy (non-hydrogen) atoms. The van der Waals surface area contributed by atoms with Gasteiger partial charge in [-0.2, -0.15) is 13.2 Å². The predicted molar refractivity (Wildman–Crippen MR) is 113 cm³/mol. The first-order valence-electron chi connectivity index (χ1n) is 10.1. The van der Waals surface area contributed by atoms with E-state index in [-0.39, 0.29) is 18.2 Å². The second-order valence-electron chi connectivity index (χ2n) is 8.66. The smallest absolute Gasteiger partial charge is 0.417 e. The van der Waals surface area contributed by atoms with Crippen LogP contribution in [0.25, 0.3) is 0 Å². The average Bonchev–Trinajstić information content (AvgIpc) is 3.12. The summed E-state index contributed by atoms with van der Waals surface area (Å²) in [5.41, 5.74) is -0.713. The molecular formula is C21H27F3N2O5S. The first kappa shape index (κ1) is 24.8. The van der Waals surface area contributed by atoms with Gasteiger partial charge in [0.05, 0.1) is 18.8 Å². The lowest BCUT2D eigenvalue weighted by Crippen LogP contribution is -2.55. The van der Waals surface area contributed by atoms with Crippen molar-refractivity contribution in [1.29, 1.82) is 0 Å². The van der Waals surface area contributed by atoms with Crippen LogP contribution < -0.4 is 0 Å². The molecule has 11 heteroatoms. The summed E-state index contributed by atoms with van der Waals surface area (Å²) in [6.45, 7) is 5.24. The van der Waals surface area contributed by atoms with Gasteiger partial charge in [-0.25, -0.2) is 4.79 Å². The Morgan fingerprint density at radius 3 is 2.56 bits per heavy atom. The number of fused-ring (bicyclic) bond motifs is 1. The summed E-state index contributed by atoms with van der Waals surface area (Å²) in [5, 5.41) is 10.2. The molecule has 2 aliphatic heterocycles. The number of benzene rings is 1. The van der Waals surface area contributed by atoms with Gasteiger partial charge in [-0.15, -0.1) is 0 Å². The highest BCUT2D eigenvalue weighted by Crippen LogP contribution is 2.41. The summed E-state index contributed by atoms with van der Waals surface area (Å²) in [5.74, 6) is 0. The van der Waals surface area contributed by atoms with Crippen molar-refractivity contribution in [2.24, 2.45) is 4.99 Å². The number of hydrogen-bond donors (Lipinski definition) is 1. The number of amidine groups is 1. The number of halogens is 3. The van der Waals surface area contributed by atoms with Gasteiger partial charge in [0.1, 0.15) is 17.1 Å². The number of ether oxygens (including phenoxy) is 3. The van der Waals surface area contributed by atoms with Crippen LogP contribution in [0.2, 0.25) is 0 Å². The SMILES string of the molecule is CN(C(=O)OC(C)(C)C)C1=N[C@@H]2C[C@H](OCc3ccccc3)[C@@H]([C@H](O)C(F)(F)F)O[C@@H]2S1. The molecule has 1 N–H and O–H groups in total. The number of carbonyl (C=O) groups is 1. The first-order valence-corrected chi connectivity index (χ1v) is 11.0. The Hall–Kier alpha value is -1.82. The number of rotatable bonds is 4. The molecule has 0 aromatic heterocycles. The maximum atomic E-state index is 13.3. The van der Waals surface area contributed by atoms with E-state index in [1.54, 1.807) is 45.0 Å². The number of aliphatic hydroxyl groups is 1. The van der Waals surface area contributed by atoms with Crippen LogP contribution in [0.5, 0.6) is 0 Å². The lowest BCUT2D eigenvalue weighted by molar-refractivity contribution is -0.265. The number of aliphatic imine (C=N–C) groups is 1. The fourth-order valence-electron chi connectivity index (χ4n) is 3.29. The zero-order valence-corrected chi connectivity index (χ0v) is 19.0. The number of amides is 1. The van der Waals surface area contributed by atoms with Crippen LogP contribution in [0.4, 0.5) is 18.0 Å². The summed E-state index contributed by atoms with van der Waals surface area (Å²) in [6, 6.07) is 8.46. The summed E-state index contributed by atoms with van der Waals surface area (Å²) in [7, 11) is 1.47. The molecule has 7 nitrogen and oxygen atoms in total. The highest BCUT2D eigenvalue weighted by atomic mass is 32.2. The van der Waals surface area contributed by atoms with Gasteiger partial charge in [0.2, 0.25) is 0 Å². The van der Waals surface area contributed by atoms with Crippen LogP contribution in [0.15, 0.2) is 35.3 Å². The molecule has 2 aliphatic rings. The number of thioether (sulfide) groups is 1. The molecule has 1 aromatic rings. The molecule has 0 spiro atoms. The second-order valence-corrected chi connectivity index (χ2v) is 9.73. The van der Waals surface area contributed by atoms with E-state index in [9.17, 15) is 23.1 Å². The van der Waals surface area contributed by atoms with Crippen LogP contribution in [0.3, 0.4) is 0 Å². The van der Waals surface area contributed by atoms with E-state index in [0.717, 1.165) is 17.3 Å². The molecule has 178 valence electrons. The van der Waals surface area contributed by atoms with E-state index >= 15 is 0 Å². The molecule has 3 rings (SSSR count). The number of hydrogen-bond acceptors (Lipinski definition) is 7. The third kappa shape index (κ3) is 6.15. The Labute approximate surface area is 188 Å². The third-order valence-electron chi connectivity index (χ3n) is 4.85. The normalized spacial score (nSPS) is 26.8. The topological polar surface area (TPSA) is 80.6 Å². The second kappa shape index (κ2) is 9.58. The molecule has 0 bridgehead atoms. The Morgan fingerprint density at radius 2 is 1.97 bits per heavy atom. The summed E-state index contributed by atoms with van der Waals surface area (Å²) < 4.78 is 56.6. The van der Waals surface area contributed by atoms with E-state index in [1.807, 2.05) is 6.07 Å². The van der Waals surface area contributed by atoms with Gasteiger partial charge >= 0.3 is 12.3 Å². The minimum atomic E-state index is -4.87. The molecule has 0 radical (unpaired) electrons. The van der Waals surface area contributed by atoms with Crippen LogP contribution in [-0.2, 0) is 20.8 Å². The van der Waals surface area contributed by atoms with Gasteiger partial charge in [-0.3, -0.25) is 9.89 Å². The number of alkyl halides is 3. The van der Waals surface area contributed by atoms with Crippen molar-refractivity contribution in [2.75, 3.05) is 7.05 Å². The Bertz CT molecular complexity index is 831. The molecule has 1 fully saturated rings. The summed E-state index contributed by atoms with van der Waals surface area (Å²) in [4.78, 5) is 18.0. The fourth-order valence-corrected chi connectivity index (χ4v) is 4.44. The van der Waals surface area contributed by atoms with Gasteiger partial charge in [0.15, 0.2) is 11.3 Å². The average molecular weight is 477 g/mol. The molecular weight excluding hydrogens is 449 g/mol. The highest BCUT2D eigenvalue weighted by Gasteiger charge is 2.53.